The third kappa shape index (κ3) is 4.35. The van der Waals surface area contributed by atoms with Crippen molar-refractivity contribution in [3.63, 3.8) is 0 Å². The smallest absolute Gasteiger partial charge is 0.150 e. The first-order chi connectivity index (χ1) is 8.17. The molecule has 0 saturated carbocycles. The van der Waals surface area contributed by atoms with E-state index in [-0.39, 0.29) is 0 Å². The molecule has 1 rings (SSSR count). The van der Waals surface area contributed by atoms with Crippen molar-refractivity contribution in [2.24, 2.45) is 0 Å². The zero-order valence-corrected chi connectivity index (χ0v) is 10.3. The standard InChI is InChI=1S/C15H18O2/c1-12(10-16)4-3-5-13(2)15-8-6-14(11-17)7-9-15/h4,6-11,13H,3,5H2,1-2H3. The molecule has 17 heavy (non-hydrogen) atoms. The van der Waals surface area contributed by atoms with E-state index in [1.165, 1.54) is 5.56 Å². The Balaban J connectivity index is 2.54. The van der Waals surface area contributed by atoms with E-state index in [9.17, 15) is 9.59 Å². The van der Waals surface area contributed by atoms with Gasteiger partial charge in [-0.25, -0.2) is 0 Å². The Bertz CT molecular complexity index is 401. The predicted molar refractivity (Wildman–Crippen MR) is 69.3 cm³/mol. The maximum atomic E-state index is 10.5. The van der Waals surface area contributed by atoms with Crippen molar-refractivity contribution in [2.45, 2.75) is 32.6 Å². The van der Waals surface area contributed by atoms with Gasteiger partial charge in [0, 0.05) is 5.56 Å². The van der Waals surface area contributed by atoms with Crippen molar-refractivity contribution in [3.8, 4) is 0 Å². The van der Waals surface area contributed by atoms with E-state index in [1.54, 1.807) is 0 Å². The van der Waals surface area contributed by atoms with Gasteiger partial charge in [-0.2, -0.15) is 0 Å². The van der Waals surface area contributed by atoms with Crippen LogP contribution in [0.4, 0.5) is 0 Å². The molecule has 1 aromatic carbocycles. The van der Waals surface area contributed by atoms with Gasteiger partial charge in [-0.3, -0.25) is 9.59 Å². The summed E-state index contributed by atoms with van der Waals surface area (Å²) in [4.78, 5) is 20.9. The van der Waals surface area contributed by atoms with Crippen LogP contribution >= 0.6 is 0 Å². The van der Waals surface area contributed by atoms with Gasteiger partial charge in [-0.05, 0) is 36.8 Å². The van der Waals surface area contributed by atoms with Crippen molar-refractivity contribution < 1.29 is 9.59 Å². The first-order valence-corrected chi connectivity index (χ1v) is 5.84. The monoisotopic (exact) mass is 230 g/mol. The molecule has 0 heterocycles. The number of benzene rings is 1. The third-order valence-electron chi connectivity index (χ3n) is 2.89. The number of aldehydes is 2. The highest BCUT2D eigenvalue weighted by atomic mass is 16.1. The molecule has 0 aliphatic rings. The molecule has 0 aliphatic heterocycles. The minimum absolute atomic E-state index is 0.436. The highest BCUT2D eigenvalue weighted by Gasteiger charge is 2.04. The zero-order chi connectivity index (χ0) is 12.7. The van der Waals surface area contributed by atoms with Crippen molar-refractivity contribution >= 4 is 12.6 Å². The van der Waals surface area contributed by atoms with Gasteiger partial charge in [-0.15, -0.1) is 0 Å². The van der Waals surface area contributed by atoms with Gasteiger partial charge in [0.2, 0.25) is 0 Å². The molecule has 0 aliphatic carbocycles. The van der Waals surface area contributed by atoms with Gasteiger partial charge in [0.1, 0.15) is 12.6 Å². The summed E-state index contributed by atoms with van der Waals surface area (Å²) in [6.45, 7) is 3.97. The van der Waals surface area contributed by atoms with Gasteiger partial charge in [0.25, 0.3) is 0 Å². The van der Waals surface area contributed by atoms with E-state index >= 15 is 0 Å². The molecular weight excluding hydrogens is 212 g/mol. The Kier molecular flexibility index (Phi) is 5.34. The molecule has 0 spiro atoms. The van der Waals surface area contributed by atoms with Gasteiger partial charge in [-0.1, -0.05) is 37.3 Å². The molecule has 1 aromatic rings. The van der Waals surface area contributed by atoms with E-state index in [4.69, 9.17) is 0 Å². The first kappa shape index (κ1) is 13.4. The highest BCUT2D eigenvalue weighted by Crippen LogP contribution is 2.21. The summed E-state index contributed by atoms with van der Waals surface area (Å²) in [5.41, 5.74) is 2.72. The maximum absolute atomic E-state index is 10.5. The van der Waals surface area contributed by atoms with Crippen LogP contribution in [0.5, 0.6) is 0 Å². The number of carbonyl (C=O) groups excluding carboxylic acids is 2. The van der Waals surface area contributed by atoms with Crippen LogP contribution in [-0.4, -0.2) is 12.6 Å². The molecule has 2 heteroatoms. The number of hydrogen-bond donors (Lipinski definition) is 0. The number of allylic oxidation sites excluding steroid dienone is 2. The lowest BCUT2D eigenvalue weighted by molar-refractivity contribution is -0.104. The van der Waals surface area contributed by atoms with Crippen LogP contribution < -0.4 is 0 Å². The maximum Gasteiger partial charge on any atom is 0.150 e. The molecule has 1 atom stereocenters. The summed E-state index contributed by atoms with van der Waals surface area (Å²) in [5, 5.41) is 0. The van der Waals surface area contributed by atoms with Crippen molar-refractivity contribution in [1.82, 2.24) is 0 Å². The Hall–Kier alpha value is -1.70. The molecular formula is C15H18O2. The molecule has 0 fully saturated rings. The van der Waals surface area contributed by atoms with Gasteiger partial charge in [0.15, 0.2) is 0 Å². The van der Waals surface area contributed by atoms with Crippen LogP contribution in [0.15, 0.2) is 35.9 Å². The third-order valence-corrected chi connectivity index (χ3v) is 2.89. The Morgan fingerprint density at radius 1 is 1.24 bits per heavy atom. The number of rotatable bonds is 6. The molecule has 0 aromatic heterocycles. The average Bonchev–Trinajstić information content (AvgIpc) is 2.38. The van der Waals surface area contributed by atoms with Crippen LogP contribution in [0.1, 0.15) is 48.5 Å². The van der Waals surface area contributed by atoms with E-state index in [2.05, 4.69) is 6.92 Å². The minimum Gasteiger partial charge on any atom is -0.298 e. The molecule has 1 unspecified atom stereocenters. The van der Waals surface area contributed by atoms with Crippen LogP contribution in [0.25, 0.3) is 0 Å². The average molecular weight is 230 g/mol. The van der Waals surface area contributed by atoms with Crippen molar-refractivity contribution in [2.75, 3.05) is 0 Å². The number of hydrogen-bond acceptors (Lipinski definition) is 2. The van der Waals surface area contributed by atoms with Crippen molar-refractivity contribution in [3.05, 3.63) is 47.0 Å². The summed E-state index contributed by atoms with van der Waals surface area (Å²) < 4.78 is 0. The summed E-state index contributed by atoms with van der Waals surface area (Å²) in [5.74, 6) is 0.436. The lowest BCUT2D eigenvalue weighted by Gasteiger charge is -2.10. The fraction of sp³-hybridized carbons (Fsp3) is 0.333. The Labute approximate surface area is 102 Å². The summed E-state index contributed by atoms with van der Waals surface area (Å²) in [6, 6.07) is 7.66. The largest absolute Gasteiger partial charge is 0.298 e. The van der Waals surface area contributed by atoms with E-state index in [1.807, 2.05) is 37.3 Å². The highest BCUT2D eigenvalue weighted by molar-refractivity contribution is 5.74. The molecule has 0 amide bonds. The molecule has 90 valence electrons. The second-order valence-corrected chi connectivity index (χ2v) is 4.33. The predicted octanol–water partition coefficient (Wildman–Crippen LogP) is 3.53. The van der Waals surface area contributed by atoms with E-state index in [0.29, 0.717) is 11.5 Å². The second kappa shape index (κ2) is 6.79. The zero-order valence-electron chi connectivity index (χ0n) is 10.3. The summed E-state index contributed by atoms with van der Waals surface area (Å²) >= 11 is 0. The first-order valence-electron chi connectivity index (χ1n) is 5.84. The molecule has 0 bridgehead atoms. The fourth-order valence-corrected chi connectivity index (χ4v) is 1.68. The normalized spacial score (nSPS) is 13.2. The molecule has 2 nitrogen and oxygen atoms in total. The minimum atomic E-state index is 0.436. The van der Waals surface area contributed by atoms with E-state index in [0.717, 1.165) is 31.0 Å². The topological polar surface area (TPSA) is 34.1 Å². The van der Waals surface area contributed by atoms with Crippen molar-refractivity contribution in [1.29, 1.82) is 0 Å². The quantitative estimate of drug-likeness (QED) is 0.553. The van der Waals surface area contributed by atoms with Crippen LogP contribution in [0.2, 0.25) is 0 Å². The summed E-state index contributed by atoms with van der Waals surface area (Å²) in [6.07, 6.45) is 5.60. The second-order valence-electron chi connectivity index (χ2n) is 4.33. The Morgan fingerprint density at radius 3 is 2.41 bits per heavy atom. The molecule has 0 saturated heterocycles. The van der Waals surface area contributed by atoms with Crippen LogP contribution in [-0.2, 0) is 4.79 Å². The SMILES string of the molecule is CC(C=O)=CCCC(C)c1ccc(C=O)cc1. The lowest BCUT2D eigenvalue weighted by atomic mass is 9.95. The van der Waals surface area contributed by atoms with Crippen LogP contribution in [0, 0.1) is 0 Å². The van der Waals surface area contributed by atoms with Gasteiger partial charge < -0.3 is 0 Å². The van der Waals surface area contributed by atoms with Crippen LogP contribution in [0.3, 0.4) is 0 Å². The lowest BCUT2D eigenvalue weighted by Crippen LogP contribution is -1.93. The fourth-order valence-electron chi connectivity index (χ4n) is 1.68. The van der Waals surface area contributed by atoms with E-state index < -0.39 is 0 Å². The van der Waals surface area contributed by atoms with Gasteiger partial charge in [0.05, 0.1) is 0 Å². The molecule has 0 radical (unpaired) electrons. The van der Waals surface area contributed by atoms with Gasteiger partial charge >= 0.3 is 0 Å². The number of carbonyl (C=O) groups is 2. The Morgan fingerprint density at radius 2 is 1.88 bits per heavy atom. The summed E-state index contributed by atoms with van der Waals surface area (Å²) in [7, 11) is 0. The molecule has 0 N–H and O–H groups in total.